The average molecular weight is 742 g/mol. The van der Waals surface area contributed by atoms with Crippen molar-refractivity contribution in [3.05, 3.63) is 224 Å². The second-order valence-electron chi connectivity index (χ2n) is 15.2. The minimum Gasteiger partial charge on any atom is -0.455 e. The predicted octanol–water partition coefficient (Wildman–Crippen LogP) is 15.8. The molecule has 11 rings (SSSR count). The van der Waals surface area contributed by atoms with E-state index in [2.05, 4.69) is 217 Å². The van der Waals surface area contributed by atoms with Crippen LogP contribution in [0.5, 0.6) is 0 Å². The highest BCUT2D eigenvalue weighted by Crippen LogP contribution is 2.45. The third-order valence-electron chi connectivity index (χ3n) is 11.7. The Hall–Kier alpha value is -7.42. The van der Waals surface area contributed by atoms with Crippen LogP contribution in [0.15, 0.2) is 222 Å². The summed E-state index contributed by atoms with van der Waals surface area (Å²) in [6.07, 6.45) is 6.43. The summed E-state index contributed by atoms with van der Waals surface area (Å²) in [7, 11) is 0. The Labute approximate surface area is 338 Å². The van der Waals surface area contributed by atoms with Gasteiger partial charge in [0.2, 0.25) is 0 Å². The molecule has 0 spiro atoms. The number of anilines is 2. The Morgan fingerprint density at radius 2 is 1.02 bits per heavy atom. The fourth-order valence-electron chi connectivity index (χ4n) is 8.97. The number of hydrogen-bond acceptors (Lipinski definition) is 2. The number of fused-ring (bicyclic) bond motifs is 5. The van der Waals surface area contributed by atoms with Crippen LogP contribution in [-0.2, 0) is 0 Å². The third-order valence-corrected chi connectivity index (χ3v) is 11.7. The van der Waals surface area contributed by atoms with Crippen LogP contribution in [0.3, 0.4) is 0 Å². The number of allylic oxidation sites excluding steroid dienone is 4. The molecule has 1 aliphatic rings. The molecule has 274 valence electrons. The van der Waals surface area contributed by atoms with Gasteiger partial charge in [0, 0.05) is 39.0 Å². The molecule has 0 radical (unpaired) electrons. The molecule has 0 amide bonds. The number of rotatable bonds is 7. The van der Waals surface area contributed by atoms with Crippen LogP contribution in [0.1, 0.15) is 18.4 Å². The average Bonchev–Trinajstić information content (AvgIpc) is 3.66. The molecule has 0 saturated heterocycles. The standard InChI is InChI=1S/C56H39NO/c1-3-16-38(17-4-1)48-33-32-45(37-52(48)40-18-5-2-6-19-40)57(44-25-13-24-43(34-44)47-28-14-23-39-20-9-10-26-46(39)47)54-31-12-11-27-49(54)50-29-15-30-51-53-35-41-21-7-8-22-42(41)36-55(53)58-56(50)51/h1-11,13-30,32-37H,12,31H2. The number of furan rings is 1. The van der Waals surface area contributed by atoms with E-state index in [9.17, 15) is 0 Å². The summed E-state index contributed by atoms with van der Waals surface area (Å²) >= 11 is 0. The number of hydrogen-bond donors (Lipinski definition) is 0. The van der Waals surface area contributed by atoms with E-state index in [1.807, 2.05) is 0 Å². The van der Waals surface area contributed by atoms with Gasteiger partial charge >= 0.3 is 0 Å². The van der Waals surface area contributed by atoms with Gasteiger partial charge < -0.3 is 9.32 Å². The maximum Gasteiger partial charge on any atom is 0.143 e. The fraction of sp³-hybridized carbons (Fsp3) is 0.0357. The van der Waals surface area contributed by atoms with Crippen molar-refractivity contribution in [2.75, 3.05) is 4.90 Å². The van der Waals surface area contributed by atoms with Crippen LogP contribution in [-0.4, -0.2) is 0 Å². The minimum atomic E-state index is 0.867. The second kappa shape index (κ2) is 14.3. The van der Waals surface area contributed by atoms with Crippen LogP contribution in [0.25, 0.3) is 82.4 Å². The van der Waals surface area contributed by atoms with Crippen molar-refractivity contribution in [2.24, 2.45) is 0 Å². The monoisotopic (exact) mass is 741 g/mol. The van der Waals surface area contributed by atoms with E-state index in [1.165, 1.54) is 66.2 Å². The van der Waals surface area contributed by atoms with Crippen molar-refractivity contribution in [3.8, 4) is 33.4 Å². The lowest BCUT2D eigenvalue weighted by atomic mass is 9.91. The normalized spacial score (nSPS) is 12.9. The van der Waals surface area contributed by atoms with E-state index in [1.54, 1.807) is 0 Å². The van der Waals surface area contributed by atoms with Crippen LogP contribution < -0.4 is 4.90 Å². The number of benzene rings is 9. The van der Waals surface area contributed by atoms with E-state index in [0.717, 1.165) is 51.7 Å². The highest BCUT2D eigenvalue weighted by Gasteiger charge is 2.25. The molecule has 1 heterocycles. The van der Waals surface area contributed by atoms with Crippen molar-refractivity contribution in [3.63, 3.8) is 0 Å². The lowest BCUT2D eigenvalue weighted by molar-refractivity contribution is 0.668. The third kappa shape index (κ3) is 5.90. The quantitative estimate of drug-likeness (QED) is 0.162. The first kappa shape index (κ1) is 33.9. The predicted molar refractivity (Wildman–Crippen MR) is 245 cm³/mol. The van der Waals surface area contributed by atoms with Gasteiger partial charge in [0.05, 0.1) is 0 Å². The molecule has 1 aromatic heterocycles. The number of para-hydroxylation sites is 1. The molecular formula is C56H39NO. The van der Waals surface area contributed by atoms with Crippen molar-refractivity contribution in [1.82, 2.24) is 0 Å². The van der Waals surface area contributed by atoms with Gasteiger partial charge in [0.25, 0.3) is 0 Å². The Bertz CT molecular complexity index is 3220. The van der Waals surface area contributed by atoms with Gasteiger partial charge in [-0.15, -0.1) is 0 Å². The van der Waals surface area contributed by atoms with Crippen LogP contribution >= 0.6 is 0 Å². The van der Waals surface area contributed by atoms with Gasteiger partial charge in [0.1, 0.15) is 11.2 Å². The zero-order valence-electron chi connectivity index (χ0n) is 32.0. The molecule has 10 aromatic rings. The lowest BCUT2D eigenvalue weighted by Gasteiger charge is -2.32. The van der Waals surface area contributed by atoms with Gasteiger partial charge in [-0.3, -0.25) is 0 Å². The molecule has 2 heteroatoms. The highest BCUT2D eigenvalue weighted by molar-refractivity contribution is 6.13. The Morgan fingerprint density at radius 3 is 1.84 bits per heavy atom. The topological polar surface area (TPSA) is 16.4 Å². The summed E-state index contributed by atoms with van der Waals surface area (Å²) in [5.41, 5.74) is 14.7. The Kier molecular flexibility index (Phi) is 8.33. The fourth-order valence-corrected chi connectivity index (χ4v) is 8.97. The molecule has 0 N–H and O–H groups in total. The number of nitrogens with zero attached hydrogens (tertiary/aromatic N) is 1. The van der Waals surface area contributed by atoms with Crippen LogP contribution in [0.2, 0.25) is 0 Å². The second-order valence-corrected chi connectivity index (χ2v) is 15.2. The van der Waals surface area contributed by atoms with E-state index >= 15 is 0 Å². The van der Waals surface area contributed by atoms with Gasteiger partial charge in [-0.25, -0.2) is 0 Å². The summed E-state index contributed by atoms with van der Waals surface area (Å²) in [6.45, 7) is 0. The smallest absolute Gasteiger partial charge is 0.143 e. The SMILES string of the molecule is C1=CC(c2cccc3c2oc2cc4ccccc4cc23)=C(N(c2cccc(-c3cccc4ccccc34)c2)c2ccc(-c3ccccc3)c(-c3ccccc3)c2)CC1. The van der Waals surface area contributed by atoms with Crippen molar-refractivity contribution in [1.29, 1.82) is 0 Å². The first-order valence-electron chi connectivity index (χ1n) is 20.1. The molecule has 0 unspecified atom stereocenters. The van der Waals surface area contributed by atoms with E-state index < -0.39 is 0 Å². The molecule has 0 saturated carbocycles. The Morgan fingerprint density at radius 1 is 0.397 bits per heavy atom. The summed E-state index contributed by atoms with van der Waals surface area (Å²) in [6, 6.07) is 72.5. The molecule has 0 fully saturated rings. The van der Waals surface area contributed by atoms with Gasteiger partial charge in [0.15, 0.2) is 0 Å². The molecular weight excluding hydrogens is 703 g/mol. The summed E-state index contributed by atoms with van der Waals surface area (Å²) in [5.74, 6) is 0. The zero-order valence-corrected chi connectivity index (χ0v) is 32.0. The molecule has 58 heavy (non-hydrogen) atoms. The summed E-state index contributed by atoms with van der Waals surface area (Å²) < 4.78 is 6.86. The van der Waals surface area contributed by atoms with E-state index in [0.29, 0.717) is 0 Å². The van der Waals surface area contributed by atoms with Gasteiger partial charge in [-0.05, 0) is 104 Å². The Balaban J connectivity index is 1.17. The molecule has 0 aliphatic heterocycles. The molecule has 0 atom stereocenters. The highest BCUT2D eigenvalue weighted by atomic mass is 16.3. The lowest BCUT2D eigenvalue weighted by Crippen LogP contribution is -2.19. The van der Waals surface area contributed by atoms with Crippen LogP contribution in [0, 0.1) is 0 Å². The maximum absolute atomic E-state index is 6.86. The van der Waals surface area contributed by atoms with Crippen molar-refractivity contribution < 1.29 is 4.42 Å². The van der Waals surface area contributed by atoms with E-state index in [-0.39, 0.29) is 0 Å². The van der Waals surface area contributed by atoms with Gasteiger partial charge in [-0.1, -0.05) is 176 Å². The zero-order chi connectivity index (χ0) is 38.4. The summed E-state index contributed by atoms with van der Waals surface area (Å²) in [5, 5.41) is 7.15. The van der Waals surface area contributed by atoms with E-state index in [4.69, 9.17) is 4.42 Å². The van der Waals surface area contributed by atoms with Crippen molar-refractivity contribution >= 4 is 60.4 Å². The van der Waals surface area contributed by atoms with Crippen molar-refractivity contribution in [2.45, 2.75) is 12.8 Å². The molecule has 9 aromatic carbocycles. The maximum atomic E-state index is 6.86. The van der Waals surface area contributed by atoms with Crippen LogP contribution in [0.4, 0.5) is 11.4 Å². The largest absolute Gasteiger partial charge is 0.455 e. The first-order valence-corrected chi connectivity index (χ1v) is 20.1. The molecule has 1 aliphatic carbocycles. The molecule has 0 bridgehead atoms. The van der Waals surface area contributed by atoms with Gasteiger partial charge in [-0.2, -0.15) is 0 Å². The molecule has 2 nitrogen and oxygen atoms in total. The summed E-state index contributed by atoms with van der Waals surface area (Å²) in [4.78, 5) is 2.50. The first-order chi connectivity index (χ1) is 28.8. The minimum absolute atomic E-state index is 0.867.